The van der Waals surface area contributed by atoms with Crippen LogP contribution in [0.25, 0.3) is 0 Å². The summed E-state index contributed by atoms with van der Waals surface area (Å²) >= 11 is 0. The maximum absolute atomic E-state index is 10.1. The molecule has 1 N–H and O–H groups in total. The van der Waals surface area contributed by atoms with Gasteiger partial charge in [0, 0.05) is 0 Å². The fraction of sp³-hybridized carbons (Fsp3) is 0.625. The van der Waals surface area contributed by atoms with Gasteiger partial charge in [0.1, 0.15) is 5.75 Å². The Morgan fingerprint density at radius 3 is 2.61 bits per heavy atom. The smallest absolute Gasteiger partial charge is 0.119 e. The molecule has 0 spiro atoms. The predicted molar refractivity (Wildman–Crippen MR) is 73.8 cm³/mol. The van der Waals surface area contributed by atoms with Gasteiger partial charge in [-0.05, 0) is 42.9 Å². The molecule has 1 aromatic rings. The summed E-state index contributed by atoms with van der Waals surface area (Å²) in [6.07, 6.45) is 6.70. The van der Waals surface area contributed by atoms with Crippen LogP contribution in [0.15, 0.2) is 24.3 Å². The summed E-state index contributed by atoms with van der Waals surface area (Å²) < 4.78 is 5.61. The molecule has 0 aliphatic heterocycles. The van der Waals surface area contributed by atoms with Gasteiger partial charge < -0.3 is 9.84 Å². The van der Waals surface area contributed by atoms with Crippen LogP contribution in [-0.2, 0) is 0 Å². The number of aliphatic hydroxyl groups is 1. The Balaban J connectivity index is 1.77. The monoisotopic (exact) mass is 248 g/mol. The van der Waals surface area contributed by atoms with Gasteiger partial charge in [-0.1, -0.05) is 38.3 Å². The van der Waals surface area contributed by atoms with Crippen LogP contribution in [0.4, 0.5) is 0 Å². The molecular weight excluding hydrogens is 224 g/mol. The summed E-state index contributed by atoms with van der Waals surface area (Å²) in [6.45, 7) is 2.93. The van der Waals surface area contributed by atoms with E-state index in [0.29, 0.717) is 0 Å². The topological polar surface area (TPSA) is 29.5 Å². The molecule has 1 fully saturated rings. The summed E-state index contributed by atoms with van der Waals surface area (Å²) in [5.74, 6) is 1.79. The van der Waals surface area contributed by atoms with E-state index in [4.69, 9.17) is 4.74 Å². The van der Waals surface area contributed by atoms with E-state index >= 15 is 0 Å². The maximum Gasteiger partial charge on any atom is 0.119 e. The van der Waals surface area contributed by atoms with E-state index in [1.807, 2.05) is 24.3 Å². The van der Waals surface area contributed by atoms with Crippen LogP contribution >= 0.6 is 0 Å². The molecule has 2 nitrogen and oxygen atoms in total. The number of unbranched alkanes of at least 4 members (excludes halogenated alkanes) is 1. The highest BCUT2D eigenvalue weighted by atomic mass is 16.5. The van der Waals surface area contributed by atoms with Crippen LogP contribution in [0.1, 0.15) is 57.1 Å². The first-order valence-electron chi connectivity index (χ1n) is 7.20. The van der Waals surface area contributed by atoms with Gasteiger partial charge in [-0.2, -0.15) is 0 Å². The predicted octanol–water partition coefficient (Wildman–Crippen LogP) is 4.09. The molecule has 100 valence electrons. The van der Waals surface area contributed by atoms with E-state index in [1.165, 1.54) is 12.8 Å². The molecule has 18 heavy (non-hydrogen) atoms. The quantitative estimate of drug-likeness (QED) is 0.702. The summed E-state index contributed by atoms with van der Waals surface area (Å²) in [5.41, 5.74) is 1.01. The van der Waals surface area contributed by atoms with E-state index in [1.54, 1.807) is 0 Å². The highest BCUT2D eigenvalue weighted by Crippen LogP contribution is 2.36. The molecule has 1 saturated carbocycles. The molecule has 1 aliphatic carbocycles. The van der Waals surface area contributed by atoms with Gasteiger partial charge in [0.05, 0.1) is 12.7 Å². The van der Waals surface area contributed by atoms with Crippen LogP contribution in [-0.4, -0.2) is 11.7 Å². The van der Waals surface area contributed by atoms with Crippen molar-refractivity contribution in [2.75, 3.05) is 6.61 Å². The summed E-state index contributed by atoms with van der Waals surface area (Å²) in [6, 6.07) is 7.90. The van der Waals surface area contributed by atoms with Crippen molar-refractivity contribution in [3.63, 3.8) is 0 Å². The number of hydrogen-bond donors (Lipinski definition) is 1. The zero-order chi connectivity index (χ0) is 12.8. The Hall–Kier alpha value is -1.02. The minimum atomic E-state index is -0.310. The molecule has 0 bridgehead atoms. The molecule has 0 saturated heterocycles. The maximum atomic E-state index is 10.1. The van der Waals surface area contributed by atoms with Crippen molar-refractivity contribution < 1.29 is 9.84 Å². The van der Waals surface area contributed by atoms with E-state index in [-0.39, 0.29) is 6.10 Å². The molecule has 0 amide bonds. The minimum Gasteiger partial charge on any atom is -0.494 e. The van der Waals surface area contributed by atoms with Crippen molar-refractivity contribution in [2.45, 2.75) is 51.6 Å². The van der Waals surface area contributed by atoms with Gasteiger partial charge >= 0.3 is 0 Å². The van der Waals surface area contributed by atoms with Crippen molar-refractivity contribution in [1.82, 2.24) is 0 Å². The molecule has 1 atom stereocenters. The van der Waals surface area contributed by atoms with Crippen LogP contribution in [0.3, 0.4) is 0 Å². The van der Waals surface area contributed by atoms with E-state index < -0.39 is 0 Å². The lowest BCUT2D eigenvalue weighted by atomic mass is 10.0. The molecule has 1 aliphatic rings. The van der Waals surface area contributed by atoms with Gasteiger partial charge in [-0.15, -0.1) is 0 Å². The van der Waals surface area contributed by atoms with Crippen LogP contribution < -0.4 is 4.74 Å². The van der Waals surface area contributed by atoms with Crippen LogP contribution in [0.2, 0.25) is 0 Å². The summed E-state index contributed by atoms with van der Waals surface area (Å²) in [7, 11) is 0. The Kier molecular flexibility index (Phi) is 5.06. The van der Waals surface area contributed by atoms with Crippen LogP contribution in [0.5, 0.6) is 5.75 Å². The average Bonchev–Trinajstić information content (AvgIpc) is 3.21. The van der Waals surface area contributed by atoms with E-state index in [2.05, 4.69) is 6.92 Å². The highest BCUT2D eigenvalue weighted by molar-refractivity contribution is 5.28. The third-order valence-electron chi connectivity index (χ3n) is 3.58. The lowest BCUT2D eigenvalue weighted by molar-refractivity contribution is 0.162. The molecule has 0 radical (unpaired) electrons. The lowest BCUT2D eigenvalue weighted by Crippen LogP contribution is -1.99. The van der Waals surface area contributed by atoms with Crippen molar-refractivity contribution in [2.24, 2.45) is 5.92 Å². The molecular formula is C16H24O2. The highest BCUT2D eigenvalue weighted by Gasteiger charge is 2.22. The SMILES string of the molecule is CCCCOc1ccc(C(O)CCC2CC2)cc1. The van der Waals surface area contributed by atoms with Crippen LogP contribution in [0, 0.1) is 5.92 Å². The Bertz CT molecular complexity index is 341. The fourth-order valence-corrected chi connectivity index (χ4v) is 2.09. The van der Waals surface area contributed by atoms with Crippen molar-refractivity contribution in [1.29, 1.82) is 0 Å². The molecule has 1 aromatic carbocycles. The normalized spacial score (nSPS) is 16.6. The molecule has 0 aromatic heterocycles. The first-order valence-corrected chi connectivity index (χ1v) is 7.20. The molecule has 2 heteroatoms. The summed E-state index contributed by atoms with van der Waals surface area (Å²) in [4.78, 5) is 0. The van der Waals surface area contributed by atoms with Gasteiger partial charge in [0.25, 0.3) is 0 Å². The Morgan fingerprint density at radius 2 is 2.00 bits per heavy atom. The van der Waals surface area contributed by atoms with E-state index in [0.717, 1.165) is 49.5 Å². The van der Waals surface area contributed by atoms with Gasteiger partial charge in [0.2, 0.25) is 0 Å². The zero-order valence-corrected chi connectivity index (χ0v) is 11.3. The molecule has 2 rings (SSSR count). The summed E-state index contributed by atoms with van der Waals surface area (Å²) in [5, 5.41) is 10.1. The van der Waals surface area contributed by atoms with Gasteiger partial charge in [0.15, 0.2) is 0 Å². The first kappa shape index (κ1) is 13.4. The standard InChI is InChI=1S/C16H24O2/c1-2-3-12-18-15-9-7-14(8-10-15)16(17)11-6-13-4-5-13/h7-10,13,16-17H,2-6,11-12H2,1H3. The van der Waals surface area contributed by atoms with Crippen molar-refractivity contribution in [3.05, 3.63) is 29.8 Å². The second kappa shape index (κ2) is 6.79. The van der Waals surface area contributed by atoms with Crippen molar-refractivity contribution in [3.8, 4) is 5.75 Å². The Labute approximate surface area is 110 Å². The van der Waals surface area contributed by atoms with Gasteiger partial charge in [-0.25, -0.2) is 0 Å². The van der Waals surface area contributed by atoms with E-state index in [9.17, 15) is 5.11 Å². The number of ether oxygens (including phenoxy) is 1. The van der Waals surface area contributed by atoms with Crippen molar-refractivity contribution >= 4 is 0 Å². The number of hydrogen-bond acceptors (Lipinski definition) is 2. The Morgan fingerprint density at radius 1 is 1.28 bits per heavy atom. The number of aliphatic hydroxyl groups excluding tert-OH is 1. The third-order valence-corrected chi connectivity index (χ3v) is 3.58. The lowest BCUT2D eigenvalue weighted by Gasteiger charge is -2.11. The number of benzene rings is 1. The average molecular weight is 248 g/mol. The third kappa shape index (κ3) is 4.34. The number of rotatable bonds is 8. The second-order valence-corrected chi connectivity index (χ2v) is 5.31. The first-order chi connectivity index (χ1) is 8.79. The minimum absolute atomic E-state index is 0.310. The fourth-order valence-electron chi connectivity index (χ4n) is 2.09. The largest absolute Gasteiger partial charge is 0.494 e. The zero-order valence-electron chi connectivity index (χ0n) is 11.3. The second-order valence-electron chi connectivity index (χ2n) is 5.31. The molecule has 1 unspecified atom stereocenters. The van der Waals surface area contributed by atoms with Gasteiger partial charge in [-0.3, -0.25) is 0 Å². The molecule has 0 heterocycles.